The van der Waals surface area contributed by atoms with Gasteiger partial charge in [0.15, 0.2) is 0 Å². The molecule has 0 saturated carbocycles. The highest BCUT2D eigenvalue weighted by molar-refractivity contribution is 7.09. The second-order valence-electron chi connectivity index (χ2n) is 10.5. The third kappa shape index (κ3) is 8.25. The van der Waals surface area contributed by atoms with Crippen molar-refractivity contribution < 1.29 is 14.4 Å². The van der Waals surface area contributed by atoms with Crippen LogP contribution in [0.5, 0.6) is 0 Å². The van der Waals surface area contributed by atoms with Gasteiger partial charge >= 0.3 is 0 Å². The molecule has 0 radical (unpaired) electrons. The number of amides is 3. The third-order valence-electron chi connectivity index (χ3n) is 7.01. The van der Waals surface area contributed by atoms with E-state index in [0.29, 0.717) is 64.1 Å². The molecule has 2 saturated heterocycles. The monoisotopic (exact) mass is 561 g/mol. The molecule has 8 nitrogen and oxygen atoms in total. The lowest BCUT2D eigenvalue weighted by atomic mass is 10.1. The van der Waals surface area contributed by atoms with Gasteiger partial charge in [-0.15, -0.1) is 23.7 Å². The van der Waals surface area contributed by atoms with Crippen LogP contribution in [0.3, 0.4) is 0 Å². The van der Waals surface area contributed by atoms with Crippen molar-refractivity contribution >= 4 is 41.5 Å². The molecular weight excluding hydrogens is 522 g/mol. The zero-order valence-electron chi connectivity index (χ0n) is 22.4. The van der Waals surface area contributed by atoms with E-state index in [1.807, 2.05) is 47.2 Å². The van der Waals surface area contributed by atoms with Gasteiger partial charge in [-0.05, 0) is 37.2 Å². The summed E-state index contributed by atoms with van der Waals surface area (Å²) in [5, 5.41) is 9.11. The normalized spacial score (nSPS) is 21.0. The minimum absolute atomic E-state index is 0. The summed E-state index contributed by atoms with van der Waals surface area (Å²) < 4.78 is 0. The summed E-state index contributed by atoms with van der Waals surface area (Å²) in [4.78, 5) is 47.7. The van der Waals surface area contributed by atoms with Crippen molar-refractivity contribution in [3.8, 4) is 0 Å². The Kier molecular flexibility index (Phi) is 11.6. The lowest BCUT2D eigenvalue weighted by Gasteiger charge is -2.31. The number of aromatic nitrogens is 1. The Labute approximate surface area is 236 Å². The summed E-state index contributed by atoms with van der Waals surface area (Å²) in [6, 6.07) is 9.88. The molecule has 2 fully saturated rings. The predicted molar refractivity (Wildman–Crippen MR) is 153 cm³/mol. The van der Waals surface area contributed by atoms with Gasteiger partial charge in [-0.1, -0.05) is 44.2 Å². The van der Waals surface area contributed by atoms with Crippen LogP contribution in [0.2, 0.25) is 0 Å². The minimum atomic E-state index is -0.255. The summed E-state index contributed by atoms with van der Waals surface area (Å²) in [6.07, 6.45) is 4.12. The number of fused-ring (bicyclic) bond motifs is 2. The Balaban J connectivity index is 0.00000400. The van der Waals surface area contributed by atoms with Gasteiger partial charge in [0, 0.05) is 57.0 Å². The van der Waals surface area contributed by atoms with E-state index in [1.54, 1.807) is 0 Å². The van der Waals surface area contributed by atoms with Gasteiger partial charge in [0.2, 0.25) is 11.8 Å². The summed E-state index contributed by atoms with van der Waals surface area (Å²) >= 11 is 1.52. The second-order valence-corrected chi connectivity index (χ2v) is 11.4. The number of halogens is 1. The quantitative estimate of drug-likeness (QED) is 0.582. The highest BCUT2D eigenvalue weighted by Crippen LogP contribution is 2.20. The first-order valence-corrected chi connectivity index (χ1v) is 14.4. The number of benzene rings is 1. The Morgan fingerprint density at radius 3 is 2.63 bits per heavy atom. The van der Waals surface area contributed by atoms with Crippen LogP contribution in [0.4, 0.5) is 0 Å². The fraction of sp³-hybridized carbons (Fsp3) is 0.571. The first-order chi connectivity index (χ1) is 17.9. The van der Waals surface area contributed by atoms with Gasteiger partial charge in [-0.3, -0.25) is 14.4 Å². The van der Waals surface area contributed by atoms with Crippen molar-refractivity contribution in [3.63, 3.8) is 0 Å². The first kappa shape index (κ1) is 30.1. The van der Waals surface area contributed by atoms with Crippen LogP contribution in [0.1, 0.15) is 67.0 Å². The molecule has 2 atom stereocenters. The van der Waals surface area contributed by atoms with E-state index in [1.165, 1.54) is 16.9 Å². The van der Waals surface area contributed by atoms with Crippen molar-refractivity contribution in [2.75, 3.05) is 32.7 Å². The second kappa shape index (κ2) is 14.6. The summed E-state index contributed by atoms with van der Waals surface area (Å²) in [7, 11) is 0. The van der Waals surface area contributed by atoms with Crippen LogP contribution in [0.25, 0.3) is 0 Å². The van der Waals surface area contributed by atoms with E-state index >= 15 is 0 Å². The van der Waals surface area contributed by atoms with Gasteiger partial charge in [0.05, 0.1) is 11.0 Å². The molecule has 2 aliphatic rings. The number of carbonyl (C=O) groups is 3. The SMILES string of the molecule is CC(C)CC(=O)N1CCCN(C(=O)c2csc(Cc3ccccc3)n2)CCCCNC(=O)[C@@H]2C[C@H]1CN2.Cl. The molecule has 3 heterocycles. The molecule has 2 N–H and O–H groups in total. The Bertz CT molecular complexity index is 1060. The van der Waals surface area contributed by atoms with E-state index in [4.69, 9.17) is 0 Å². The van der Waals surface area contributed by atoms with Crippen LogP contribution < -0.4 is 10.6 Å². The highest BCUT2D eigenvalue weighted by atomic mass is 35.5. The zero-order chi connectivity index (χ0) is 26.2. The maximum atomic E-state index is 13.5. The smallest absolute Gasteiger partial charge is 0.273 e. The van der Waals surface area contributed by atoms with Gasteiger partial charge in [0.25, 0.3) is 5.91 Å². The number of nitrogens with one attached hydrogen (secondary N) is 2. The molecule has 208 valence electrons. The number of nitrogens with zero attached hydrogens (tertiary/aromatic N) is 3. The predicted octanol–water partition coefficient (Wildman–Crippen LogP) is 3.50. The number of thiazole rings is 1. The number of carbonyl (C=O) groups excluding carboxylic acids is 3. The van der Waals surface area contributed by atoms with Crippen molar-refractivity contribution in [1.82, 2.24) is 25.4 Å². The maximum absolute atomic E-state index is 13.5. The molecule has 1 aromatic heterocycles. The number of hydrogen-bond donors (Lipinski definition) is 2. The van der Waals surface area contributed by atoms with E-state index < -0.39 is 0 Å². The molecule has 2 aromatic rings. The van der Waals surface area contributed by atoms with E-state index in [-0.39, 0.29) is 48.1 Å². The number of hydrogen-bond acceptors (Lipinski definition) is 6. The Morgan fingerprint density at radius 1 is 1.11 bits per heavy atom. The standard InChI is InChI=1S/C28H39N5O3S.ClH/c1-20(2)15-26(34)33-14-8-13-32(12-7-6-11-29-27(35)23-17-22(33)18-30-23)28(36)24-19-37-25(31-24)16-21-9-4-3-5-10-21;/h3-5,9-10,19-20,22-23,30H,6-8,11-18H2,1-2H3,(H,29,35);1H/t22-,23-;/m0./s1. The highest BCUT2D eigenvalue weighted by Gasteiger charge is 2.35. The first-order valence-electron chi connectivity index (χ1n) is 13.5. The molecule has 0 spiro atoms. The lowest BCUT2D eigenvalue weighted by molar-refractivity contribution is -0.134. The fourth-order valence-electron chi connectivity index (χ4n) is 5.06. The molecule has 2 aliphatic heterocycles. The molecule has 2 bridgehead atoms. The lowest BCUT2D eigenvalue weighted by Crippen LogP contribution is -2.44. The van der Waals surface area contributed by atoms with Crippen LogP contribution in [0.15, 0.2) is 35.7 Å². The summed E-state index contributed by atoms with van der Waals surface area (Å²) in [6.45, 7) is 7.05. The molecule has 10 heteroatoms. The largest absolute Gasteiger partial charge is 0.355 e. The van der Waals surface area contributed by atoms with Crippen molar-refractivity contribution in [3.05, 3.63) is 52.0 Å². The van der Waals surface area contributed by atoms with E-state index in [2.05, 4.69) is 27.8 Å². The Morgan fingerprint density at radius 2 is 1.87 bits per heavy atom. The van der Waals surface area contributed by atoms with Crippen LogP contribution in [-0.2, 0) is 16.0 Å². The summed E-state index contributed by atoms with van der Waals surface area (Å²) in [5.41, 5.74) is 1.66. The van der Waals surface area contributed by atoms with Crippen LogP contribution >= 0.6 is 23.7 Å². The van der Waals surface area contributed by atoms with Crippen LogP contribution in [-0.4, -0.2) is 77.3 Å². The topological polar surface area (TPSA) is 94.6 Å². The van der Waals surface area contributed by atoms with Gasteiger partial charge < -0.3 is 20.4 Å². The summed E-state index contributed by atoms with van der Waals surface area (Å²) in [5.74, 6) is 0.325. The third-order valence-corrected chi connectivity index (χ3v) is 7.85. The minimum Gasteiger partial charge on any atom is -0.355 e. The number of rotatable bonds is 5. The van der Waals surface area contributed by atoms with Gasteiger partial charge in [0.1, 0.15) is 5.69 Å². The van der Waals surface area contributed by atoms with Gasteiger partial charge in [-0.2, -0.15) is 0 Å². The van der Waals surface area contributed by atoms with Crippen molar-refractivity contribution in [1.29, 1.82) is 0 Å². The molecule has 0 aliphatic carbocycles. The molecule has 4 rings (SSSR count). The molecule has 3 amide bonds. The average Bonchev–Trinajstić information content (AvgIpc) is 3.54. The van der Waals surface area contributed by atoms with Crippen molar-refractivity contribution in [2.45, 2.75) is 64.5 Å². The fourth-order valence-corrected chi connectivity index (χ4v) is 5.87. The van der Waals surface area contributed by atoms with Crippen molar-refractivity contribution in [2.24, 2.45) is 5.92 Å². The average molecular weight is 562 g/mol. The molecule has 0 unspecified atom stereocenters. The molecular formula is C28H40ClN5O3S. The van der Waals surface area contributed by atoms with E-state index in [0.717, 1.165) is 17.8 Å². The van der Waals surface area contributed by atoms with Gasteiger partial charge in [-0.25, -0.2) is 4.98 Å². The molecule has 1 aromatic carbocycles. The molecule has 38 heavy (non-hydrogen) atoms. The zero-order valence-corrected chi connectivity index (χ0v) is 24.0. The maximum Gasteiger partial charge on any atom is 0.273 e. The van der Waals surface area contributed by atoms with Crippen LogP contribution in [0, 0.1) is 5.92 Å². The van der Waals surface area contributed by atoms with E-state index in [9.17, 15) is 14.4 Å². The Hall–Kier alpha value is -2.49.